The highest BCUT2D eigenvalue weighted by Crippen LogP contribution is 2.09. The van der Waals surface area contributed by atoms with Gasteiger partial charge in [-0.1, -0.05) is 6.92 Å². The molecule has 7 heteroatoms. The molecule has 1 heterocycles. The number of nitrogens with zero attached hydrogens (tertiary/aromatic N) is 2. The van der Waals surface area contributed by atoms with E-state index < -0.39 is 9.84 Å². The average Bonchev–Trinajstić information content (AvgIpc) is 2.77. The first-order valence-corrected chi connectivity index (χ1v) is 7.49. The largest absolute Gasteiger partial charge is 0.349 e. The number of imidazole rings is 1. The van der Waals surface area contributed by atoms with Gasteiger partial charge in [0.1, 0.15) is 0 Å². The van der Waals surface area contributed by atoms with E-state index in [0.29, 0.717) is 12.8 Å². The lowest BCUT2D eigenvalue weighted by Gasteiger charge is -2.09. The topological polar surface area (TPSA) is 83.1 Å². The van der Waals surface area contributed by atoms with E-state index in [1.54, 1.807) is 14.1 Å². The maximum Gasteiger partial charge on any atom is 0.225 e. The zero-order valence-corrected chi connectivity index (χ0v) is 11.7. The highest BCUT2D eigenvalue weighted by molar-refractivity contribution is 7.91. The van der Waals surface area contributed by atoms with Gasteiger partial charge in [-0.05, 0) is 12.8 Å². The van der Waals surface area contributed by atoms with Gasteiger partial charge in [0.25, 0.3) is 0 Å². The number of amides is 1. The van der Waals surface area contributed by atoms with Gasteiger partial charge >= 0.3 is 0 Å². The van der Waals surface area contributed by atoms with Gasteiger partial charge in [-0.2, -0.15) is 0 Å². The van der Waals surface area contributed by atoms with Gasteiger partial charge in [0.2, 0.25) is 20.9 Å². The van der Waals surface area contributed by atoms with Gasteiger partial charge < -0.3 is 9.88 Å². The lowest BCUT2D eigenvalue weighted by Crippen LogP contribution is -2.22. The summed E-state index contributed by atoms with van der Waals surface area (Å²) in [7, 11) is -0.109. The number of aromatic nitrogens is 2. The van der Waals surface area contributed by atoms with Gasteiger partial charge in [-0.15, -0.1) is 0 Å². The fourth-order valence-electron chi connectivity index (χ4n) is 1.41. The van der Waals surface area contributed by atoms with E-state index >= 15 is 0 Å². The maximum absolute atomic E-state index is 11.9. The van der Waals surface area contributed by atoms with E-state index in [0.717, 1.165) is 5.69 Å². The lowest BCUT2D eigenvalue weighted by atomic mass is 10.3. The van der Waals surface area contributed by atoms with Crippen LogP contribution in [0.3, 0.4) is 0 Å². The molecule has 0 bridgehead atoms. The standard InChI is InChI=1S/C11H19N3O3S/c1-4-9-8-12-11(13-9)18(16,17)7-5-6-10(15)14(2)3/h8H,4-7H2,1-3H3,(H,12,13). The SMILES string of the molecule is CCc1cnc(S(=O)(=O)CCCC(=O)N(C)C)[nH]1. The summed E-state index contributed by atoms with van der Waals surface area (Å²) in [5.74, 6) is -0.137. The molecule has 18 heavy (non-hydrogen) atoms. The fraction of sp³-hybridized carbons (Fsp3) is 0.636. The van der Waals surface area contributed by atoms with Crippen molar-refractivity contribution in [3.8, 4) is 0 Å². The third-order valence-corrected chi connectivity index (χ3v) is 4.21. The molecular weight excluding hydrogens is 254 g/mol. The molecule has 0 fully saturated rings. The first-order chi connectivity index (χ1) is 8.36. The van der Waals surface area contributed by atoms with Crippen LogP contribution in [0.1, 0.15) is 25.5 Å². The van der Waals surface area contributed by atoms with Crippen molar-refractivity contribution >= 4 is 15.7 Å². The molecular formula is C11H19N3O3S. The molecule has 0 radical (unpaired) electrons. The number of carbonyl (C=O) groups excluding carboxylic acids is 1. The van der Waals surface area contributed by atoms with Crippen molar-refractivity contribution in [1.29, 1.82) is 0 Å². The third kappa shape index (κ3) is 3.83. The van der Waals surface area contributed by atoms with Crippen LogP contribution in [0.5, 0.6) is 0 Å². The minimum Gasteiger partial charge on any atom is -0.349 e. The predicted octanol–water partition coefficient (Wildman–Crippen LogP) is 0.614. The Morgan fingerprint density at radius 1 is 1.44 bits per heavy atom. The summed E-state index contributed by atoms with van der Waals surface area (Å²) in [6.07, 6.45) is 2.77. The number of carbonyl (C=O) groups is 1. The van der Waals surface area contributed by atoms with Crippen molar-refractivity contribution in [2.24, 2.45) is 0 Å². The summed E-state index contributed by atoms with van der Waals surface area (Å²) in [5, 5.41) is -0.00310. The number of H-pyrrole nitrogens is 1. The van der Waals surface area contributed by atoms with Crippen LogP contribution in [0, 0.1) is 0 Å². The number of hydrogen-bond donors (Lipinski definition) is 1. The zero-order valence-electron chi connectivity index (χ0n) is 10.9. The minimum atomic E-state index is -3.41. The fourth-order valence-corrected chi connectivity index (χ4v) is 2.63. The van der Waals surface area contributed by atoms with Crippen molar-refractivity contribution in [1.82, 2.24) is 14.9 Å². The molecule has 0 aliphatic rings. The second kappa shape index (κ2) is 5.99. The van der Waals surface area contributed by atoms with Crippen LogP contribution in [-0.2, 0) is 21.1 Å². The van der Waals surface area contributed by atoms with Crippen molar-refractivity contribution in [3.05, 3.63) is 11.9 Å². The van der Waals surface area contributed by atoms with Gasteiger partial charge in [0.15, 0.2) is 0 Å². The molecule has 1 aromatic heterocycles. The Balaban J connectivity index is 2.58. The van der Waals surface area contributed by atoms with Gasteiger partial charge in [0.05, 0.1) is 5.75 Å². The Morgan fingerprint density at radius 3 is 2.61 bits per heavy atom. The van der Waals surface area contributed by atoms with Crippen LogP contribution in [0.2, 0.25) is 0 Å². The zero-order chi connectivity index (χ0) is 13.8. The Kier molecular flexibility index (Phi) is 4.89. The van der Waals surface area contributed by atoms with Gasteiger partial charge in [0, 0.05) is 32.4 Å². The molecule has 102 valence electrons. The molecule has 0 aliphatic heterocycles. The van der Waals surface area contributed by atoms with Gasteiger partial charge in [-0.25, -0.2) is 13.4 Å². The van der Waals surface area contributed by atoms with Crippen molar-refractivity contribution in [3.63, 3.8) is 0 Å². The first-order valence-electron chi connectivity index (χ1n) is 5.83. The van der Waals surface area contributed by atoms with Crippen LogP contribution in [0.4, 0.5) is 0 Å². The van der Waals surface area contributed by atoms with Crippen LogP contribution in [-0.4, -0.2) is 49.0 Å². The normalized spacial score (nSPS) is 11.5. The van der Waals surface area contributed by atoms with Crippen molar-refractivity contribution in [2.75, 3.05) is 19.8 Å². The van der Waals surface area contributed by atoms with Crippen LogP contribution < -0.4 is 0 Å². The highest BCUT2D eigenvalue weighted by Gasteiger charge is 2.18. The van der Waals surface area contributed by atoms with E-state index in [4.69, 9.17) is 0 Å². The van der Waals surface area contributed by atoms with E-state index in [2.05, 4.69) is 9.97 Å². The molecule has 6 nitrogen and oxygen atoms in total. The highest BCUT2D eigenvalue weighted by atomic mass is 32.2. The number of nitrogens with one attached hydrogen (secondary N) is 1. The van der Waals surface area contributed by atoms with E-state index in [1.807, 2.05) is 6.92 Å². The monoisotopic (exact) mass is 273 g/mol. The Hall–Kier alpha value is -1.37. The Bertz CT molecular complexity index is 505. The van der Waals surface area contributed by atoms with Crippen LogP contribution in [0.25, 0.3) is 0 Å². The first kappa shape index (κ1) is 14.7. The summed E-state index contributed by atoms with van der Waals surface area (Å²) in [4.78, 5) is 19.4. The number of sulfone groups is 1. The van der Waals surface area contributed by atoms with Crippen LogP contribution in [0.15, 0.2) is 11.4 Å². The molecule has 0 aromatic carbocycles. The number of aromatic amines is 1. The average molecular weight is 273 g/mol. The molecule has 1 amide bonds. The van der Waals surface area contributed by atoms with Crippen molar-refractivity contribution < 1.29 is 13.2 Å². The number of hydrogen-bond acceptors (Lipinski definition) is 4. The second-order valence-electron chi connectivity index (χ2n) is 4.28. The molecule has 1 N–H and O–H groups in total. The quantitative estimate of drug-likeness (QED) is 0.823. The second-order valence-corrected chi connectivity index (χ2v) is 6.30. The van der Waals surface area contributed by atoms with Crippen molar-refractivity contribution in [2.45, 2.75) is 31.3 Å². The van der Waals surface area contributed by atoms with Gasteiger partial charge in [-0.3, -0.25) is 4.79 Å². The van der Waals surface area contributed by atoms with E-state index in [1.165, 1.54) is 11.1 Å². The van der Waals surface area contributed by atoms with Crippen LogP contribution >= 0.6 is 0 Å². The molecule has 0 atom stereocenters. The molecule has 1 rings (SSSR count). The molecule has 0 spiro atoms. The number of aryl methyl sites for hydroxylation is 1. The molecule has 0 aliphatic carbocycles. The maximum atomic E-state index is 11.9. The molecule has 0 unspecified atom stereocenters. The summed E-state index contributed by atoms with van der Waals surface area (Å²) < 4.78 is 23.8. The molecule has 0 saturated heterocycles. The summed E-state index contributed by atoms with van der Waals surface area (Å²) >= 11 is 0. The van der Waals surface area contributed by atoms with E-state index in [-0.39, 0.29) is 23.2 Å². The smallest absolute Gasteiger partial charge is 0.225 e. The Morgan fingerprint density at radius 2 is 2.11 bits per heavy atom. The lowest BCUT2D eigenvalue weighted by molar-refractivity contribution is -0.128. The molecule has 1 aromatic rings. The summed E-state index contributed by atoms with van der Waals surface area (Å²) in [6, 6.07) is 0. The minimum absolute atomic E-state index is 0.00310. The molecule has 0 saturated carbocycles. The summed E-state index contributed by atoms with van der Waals surface area (Å²) in [6.45, 7) is 1.92. The summed E-state index contributed by atoms with van der Waals surface area (Å²) in [5.41, 5.74) is 0.790. The third-order valence-electron chi connectivity index (χ3n) is 2.58. The predicted molar refractivity (Wildman–Crippen MR) is 67.9 cm³/mol. The number of rotatable bonds is 6. The Labute approximate surface area is 107 Å². The van der Waals surface area contributed by atoms with E-state index in [9.17, 15) is 13.2 Å².